The summed E-state index contributed by atoms with van der Waals surface area (Å²) in [5.41, 5.74) is 2.14. The molecule has 0 atom stereocenters. The highest BCUT2D eigenvalue weighted by atomic mass is 16.4. The topological polar surface area (TPSA) is 86.7 Å². The minimum atomic E-state index is -0.789. The van der Waals surface area contributed by atoms with Gasteiger partial charge in [-0.2, -0.15) is 0 Å². The predicted molar refractivity (Wildman–Crippen MR) is 141 cm³/mol. The summed E-state index contributed by atoms with van der Waals surface area (Å²) in [4.78, 5) is 38.3. The first-order valence-electron chi connectivity index (χ1n) is 13.4. The van der Waals surface area contributed by atoms with Crippen LogP contribution in [0.5, 0.6) is 0 Å². The summed E-state index contributed by atoms with van der Waals surface area (Å²) < 4.78 is 0. The van der Waals surface area contributed by atoms with Crippen LogP contribution in [0.25, 0.3) is 10.8 Å². The van der Waals surface area contributed by atoms with E-state index in [0.29, 0.717) is 30.5 Å². The molecule has 0 aromatic heterocycles. The number of unbranched alkanes of at least 4 members (excludes halogenated alkanes) is 10. The Bertz CT molecular complexity index is 995. The van der Waals surface area contributed by atoms with Crippen LogP contribution >= 0.6 is 0 Å². The second kappa shape index (κ2) is 13.9. The number of nitrogens with one attached hydrogen (secondary N) is 1. The van der Waals surface area contributed by atoms with E-state index in [0.717, 1.165) is 42.3 Å². The van der Waals surface area contributed by atoms with Crippen molar-refractivity contribution in [3.8, 4) is 0 Å². The second-order valence-corrected chi connectivity index (χ2v) is 9.61. The van der Waals surface area contributed by atoms with Crippen LogP contribution in [-0.2, 0) is 4.79 Å². The van der Waals surface area contributed by atoms with E-state index in [1.807, 2.05) is 30.3 Å². The van der Waals surface area contributed by atoms with Crippen molar-refractivity contribution in [1.29, 1.82) is 0 Å². The summed E-state index contributed by atoms with van der Waals surface area (Å²) in [6.45, 7) is 3.48. The minimum Gasteiger partial charge on any atom is -0.481 e. The number of amides is 2. The smallest absolute Gasteiger partial charge is 0.303 e. The van der Waals surface area contributed by atoms with E-state index >= 15 is 0 Å². The first-order chi connectivity index (χ1) is 17.0. The summed E-state index contributed by atoms with van der Waals surface area (Å²) in [6, 6.07) is 9.49. The molecule has 2 N–H and O–H groups in total. The lowest BCUT2D eigenvalue weighted by molar-refractivity contribution is -0.137. The zero-order valence-electron chi connectivity index (χ0n) is 21.1. The lowest BCUT2D eigenvalue weighted by Crippen LogP contribution is -2.40. The van der Waals surface area contributed by atoms with E-state index in [1.165, 1.54) is 49.8 Å². The molecule has 6 heteroatoms. The van der Waals surface area contributed by atoms with Gasteiger partial charge in [0.2, 0.25) is 0 Å². The SMILES string of the molecule is CCCCCCCCCCNc1ccc2c3c(cccc13)C(=O)N(CCCCCCC(=O)O)C2=O. The van der Waals surface area contributed by atoms with Crippen molar-refractivity contribution < 1.29 is 19.5 Å². The standard InChI is InChI=1S/C29H40N2O4/c1-2-3-4-5-6-7-9-12-20-30-25-19-18-24-27-22(25)15-14-16-23(27)28(34)31(29(24)35)21-13-10-8-11-17-26(32)33/h14-16,18-19,30H,2-13,17,20-21H2,1H3,(H,32,33). The Hall–Kier alpha value is -2.89. The van der Waals surface area contributed by atoms with Crippen LogP contribution < -0.4 is 5.32 Å². The van der Waals surface area contributed by atoms with Gasteiger partial charge in [0.1, 0.15) is 0 Å². The summed E-state index contributed by atoms with van der Waals surface area (Å²) in [5, 5.41) is 13.9. The number of hydrogen-bond acceptors (Lipinski definition) is 4. The Morgan fingerprint density at radius 1 is 0.800 bits per heavy atom. The monoisotopic (exact) mass is 480 g/mol. The van der Waals surface area contributed by atoms with E-state index < -0.39 is 5.97 Å². The molecule has 6 nitrogen and oxygen atoms in total. The Balaban J connectivity index is 1.56. The molecule has 1 aliphatic rings. The molecule has 0 spiro atoms. The third kappa shape index (κ3) is 7.30. The third-order valence-corrected chi connectivity index (χ3v) is 6.86. The number of anilines is 1. The summed E-state index contributed by atoms with van der Waals surface area (Å²) in [6.07, 6.45) is 13.2. The van der Waals surface area contributed by atoms with Gasteiger partial charge in [-0.15, -0.1) is 0 Å². The Labute approximate surface area is 209 Å². The zero-order chi connectivity index (χ0) is 25.0. The van der Waals surface area contributed by atoms with Gasteiger partial charge in [-0.3, -0.25) is 19.3 Å². The molecule has 2 aromatic rings. The number of imide groups is 1. The maximum absolute atomic E-state index is 13.2. The van der Waals surface area contributed by atoms with Crippen molar-refractivity contribution in [2.24, 2.45) is 0 Å². The van der Waals surface area contributed by atoms with Crippen LogP contribution in [0.3, 0.4) is 0 Å². The highest BCUT2D eigenvalue weighted by Gasteiger charge is 2.32. The number of carbonyl (C=O) groups is 3. The van der Waals surface area contributed by atoms with Crippen molar-refractivity contribution in [1.82, 2.24) is 4.90 Å². The number of carbonyl (C=O) groups excluding carboxylic acids is 2. The molecular weight excluding hydrogens is 440 g/mol. The molecule has 2 amide bonds. The van der Waals surface area contributed by atoms with Crippen LogP contribution in [0, 0.1) is 0 Å². The highest BCUT2D eigenvalue weighted by Crippen LogP contribution is 2.34. The molecule has 0 saturated carbocycles. The van der Waals surface area contributed by atoms with Crippen molar-refractivity contribution in [2.75, 3.05) is 18.4 Å². The number of hydrogen-bond donors (Lipinski definition) is 2. The van der Waals surface area contributed by atoms with Crippen LogP contribution in [-0.4, -0.2) is 40.9 Å². The average molecular weight is 481 g/mol. The number of aliphatic carboxylic acids is 1. The van der Waals surface area contributed by atoms with Gasteiger partial charge < -0.3 is 10.4 Å². The van der Waals surface area contributed by atoms with Gasteiger partial charge in [0, 0.05) is 47.1 Å². The highest BCUT2D eigenvalue weighted by molar-refractivity contribution is 6.26. The van der Waals surface area contributed by atoms with Crippen LogP contribution in [0.4, 0.5) is 5.69 Å². The lowest BCUT2D eigenvalue weighted by Gasteiger charge is -2.28. The van der Waals surface area contributed by atoms with Crippen LogP contribution in [0.15, 0.2) is 30.3 Å². The van der Waals surface area contributed by atoms with Gasteiger partial charge in [-0.1, -0.05) is 76.8 Å². The third-order valence-electron chi connectivity index (χ3n) is 6.86. The first-order valence-corrected chi connectivity index (χ1v) is 13.4. The van der Waals surface area contributed by atoms with Gasteiger partial charge in [0.25, 0.3) is 11.8 Å². The number of benzene rings is 2. The Kier molecular flexibility index (Phi) is 10.6. The average Bonchev–Trinajstić information content (AvgIpc) is 2.85. The van der Waals surface area contributed by atoms with E-state index in [4.69, 9.17) is 5.11 Å². The molecule has 190 valence electrons. The summed E-state index contributed by atoms with van der Waals surface area (Å²) in [7, 11) is 0. The van der Waals surface area contributed by atoms with Gasteiger partial charge in [0.05, 0.1) is 0 Å². The molecule has 0 unspecified atom stereocenters. The van der Waals surface area contributed by atoms with Gasteiger partial charge in [-0.25, -0.2) is 0 Å². The summed E-state index contributed by atoms with van der Waals surface area (Å²) >= 11 is 0. The zero-order valence-corrected chi connectivity index (χ0v) is 21.1. The number of carboxylic acids is 1. The maximum atomic E-state index is 13.2. The minimum absolute atomic E-state index is 0.159. The number of carboxylic acid groups (broad SMARTS) is 1. The molecule has 0 aliphatic carbocycles. The Morgan fingerprint density at radius 3 is 2.14 bits per heavy atom. The van der Waals surface area contributed by atoms with Gasteiger partial charge in [0.15, 0.2) is 0 Å². The molecule has 0 bridgehead atoms. The largest absolute Gasteiger partial charge is 0.481 e. The number of nitrogens with zero attached hydrogens (tertiary/aromatic N) is 1. The maximum Gasteiger partial charge on any atom is 0.303 e. The molecule has 0 fully saturated rings. The van der Waals surface area contributed by atoms with Crippen molar-refractivity contribution >= 4 is 34.2 Å². The van der Waals surface area contributed by atoms with Crippen molar-refractivity contribution in [2.45, 2.75) is 90.4 Å². The molecule has 0 saturated heterocycles. The molecule has 0 radical (unpaired) electrons. The van der Waals surface area contributed by atoms with Crippen molar-refractivity contribution in [3.05, 3.63) is 41.5 Å². The predicted octanol–water partition coefficient (Wildman–Crippen LogP) is 7.02. The molecule has 35 heavy (non-hydrogen) atoms. The molecule has 2 aromatic carbocycles. The van der Waals surface area contributed by atoms with Crippen LogP contribution in [0.2, 0.25) is 0 Å². The van der Waals surface area contributed by atoms with E-state index in [1.54, 1.807) is 0 Å². The van der Waals surface area contributed by atoms with E-state index in [2.05, 4.69) is 12.2 Å². The fraction of sp³-hybridized carbons (Fsp3) is 0.552. The molecule has 1 aliphatic heterocycles. The van der Waals surface area contributed by atoms with E-state index in [-0.39, 0.29) is 18.2 Å². The fourth-order valence-electron chi connectivity index (χ4n) is 4.89. The van der Waals surface area contributed by atoms with Gasteiger partial charge >= 0.3 is 5.97 Å². The molecule has 1 heterocycles. The lowest BCUT2D eigenvalue weighted by atomic mass is 9.92. The van der Waals surface area contributed by atoms with E-state index in [9.17, 15) is 14.4 Å². The van der Waals surface area contributed by atoms with Crippen LogP contribution in [0.1, 0.15) is 111 Å². The Morgan fingerprint density at radius 2 is 1.43 bits per heavy atom. The van der Waals surface area contributed by atoms with Crippen molar-refractivity contribution in [3.63, 3.8) is 0 Å². The van der Waals surface area contributed by atoms with Gasteiger partial charge in [-0.05, 0) is 37.5 Å². The molecule has 3 rings (SSSR count). The fourth-order valence-corrected chi connectivity index (χ4v) is 4.89. The first kappa shape index (κ1) is 26.7. The normalized spacial score (nSPS) is 13.0. The second-order valence-electron chi connectivity index (χ2n) is 9.61. The number of rotatable bonds is 17. The molecular formula is C29H40N2O4. The quantitative estimate of drug-likeness (QED) is 0.188. The summed E-state index contributed by atoms with van der Waals surface area (Å²) in [5.74, 6) is -1.26.